The molecule has 0 saturated carbocycles. The Morgan fingerprint density at radius 2 is 1.83 bits per heavy atom. The molecule has 5 nitrogen and oxygen atoms in total. The van der Waals surface area contributed by atoms with E-state index in [0.29, 0.717) is 0 Å². The summed E-state index contributed by atoms with van der Waals surface area (Å²) in [6.45, 7) is 5.83. The van der Waals surface area contributed by atoms with Gasteiger partial charge in [0.05, 0.1) is 0 Å². The van der Waals surface area contributed by atoms with Crippen molar-refractivity contribution in [3.05, 3.63) is 24.3 Å². The third-order valence-electron chi connectivity index (χ3n) is 2.83. The lowest BCUT2D eigenvalue weighted by Gasteiger charge is -2.08. The molecule has 2 aromatic rings. The Labute approximate surface area is 107 Å². The molecule has 0 spiro atoms. The van der Waals surface area contributed by atoms with E-state index in [1.54, 1.807) is 0 Å². The Balaban J connectivity index is 2.36. The van der Waals surface area contributed by atoms with Gasteiger partial charge in [-0.25, -0.2) is 0 Å². The predicted octanol–water partition coefficient (Wildman–Crippen LogP) is 2.44. The molecule has 0 amide bonds. The summed E-state index contributed by atoms with van der Waals surface area (Å²) in [6.07, 6.45) is 0. The topological polar surface area (TPSA) is 54.8 Å². The summed E-state index contributed by atoms with van der Waals surface area (Å²) in [7, 11) is 1.91. The molecule has 0 fully saturated rings. The fourth-order valence-corrected chi connectivity index (χ4v) is 1.89. The number of nitrogens with one attached hydrogen (secondary N) is 2. The van der Waals surface area contributed by atoms with E-state index < -0.39 is 0 Å². The van der Waals surface area contributed by atoms with Crippen LogP contribution in [0.2, 0.25) is 0 Å². The molecule has 2 rings (SSSR count). The highest BCUT2D eigenvalue weighted by Crippen LogP contribution is 2.22. The van der Waals surface area contributed by atoms with Crippen molar-refractivity contribution in [2.45, 2.75) is 20.4 Å². The van der Waals surface area contributed by atoms with Gasteiger partial charge in [0.25, 0.3) is 0 Å². The summed E-state index contributed by atoms with van der Waals surface area (Å²) < 4.78 is 2.08. The number of hydrogen-bond donors (Lipinski definition) is 2. The zero-order valence-corrected chi connectivity index (χ0v) is 11.1. The van der Waals surface area contributed by atoms with Gasteiger partial charge in [0.2, 0.25) is 5.95 Å². The lowest BCUT2D eigenvalue weighted by molar-refractivity contribution is 0.770. The Morgan fingerprint density at radius 3 is 2.39 bits per heavy atom. The van der Waals surface area contributed by atoms with Gasteiger partial charge in [-0.2, -0.15) is 0 Å². The first kappa shape index (κ1) is 12.4. The molecule has 0 radical (unpaired) electrons. The second-order valence-electron chi connectivity index (χ2n) is 3.95. The van der Waals surface area contributed by atoms with Crippen molar-refractivity contribution in [2.75, 3.05) is 24.2 Å². The standard InChI is InChI=1S/C13H19N5/c1-4-15-13-17-16-12(18(13)5-2)10-6-8-11(14-3)9-7-10/h6-9,14H,4-5H2,1-3H3,(H,15,17). The van der Waals surface area contributed by atoms with Gasteiger partial charge < -0.3 is 10.6 Å². The maximum Gasteiger partial charge on any atom is 0.224 e. The molecule has 0 atom stereocenters. The van der Waals surface area contributed by atoms with Gasteiger partial charge in [-0.3, -0.25) is 4.57 Å². The Bertz CT molecular complexity index is 501. The van der Waals surface area contributed by atoms with Crippen LogP contribution < -0.4 is 10.6 Å². The summed E-state index contributed by atoms with van der Waals surface area (Å²) in [5.74, 6) is 1.73. The summed E-state index contributed by atoms with van der Waals surface area (Å²) in [5.41, 5.74) is 2.17. The quantitative estimate of drug-likeness (QED) is 0.849. The number of nitrogens with zero attached hydrogens (tertiary/aromatic N) is 3. The molecule has 0 aliphatic rings. The van der Waals surface area contributed by atoms with Crippen molar-refractivity contribution in [1.82, 2.24) is 14.8 Å². The average Bonchev–Trinajstić information content (AvgIpc) is 2.82. The van der Waals surface area contributed by atoms with Crippen molar-refractivity contribution in [1.29, 1.82) is 0 Å². The summed E-state index contributed by atoms with van der Waals surface area (Å²) in [6, 6.07) is 8.18. The van der Waals surface area contributed by atoms with Gasteiger partial charge in [0.15, 0.2) is 5.82 Å². The lowest BCUT2D eigenvalue weighted by atomic mass is 10.2. The van der Waals surface area contributed by atoms with Crippen molar-refractivity contribution >= 4 is 11.6 Å². The molecule has 2 N–H and O–H groups in total. The minimum atomic E-state index is 0.827. The summed E-state index contributed by atoms with van der Waals surface area (Å²) in [4.78, 5) is 0. The fourth-order valence-electron chi connectivity index (χ4n) is 1.89. The molecular weight excluding hydrogens is 226 g/mol. The molecular formula is C13H19N5. The van der Waals surface area contributed by atoms with Gasteiger partial charge in [0.1, 0.15) is 0 Å². The van der Waals surface area contributed by atoms with Crippen molar-refractivity contribution in [3.63, 3.8) is 0 Å². The van der Waals surface area contributed by atoms with Crippen LogP contribution in [0.1, 0.15) is 13.8 Å². The first-order valence-electron chi connectivity index (χ1n) is 6.25. The highest BCUT2D eigenvalue weighted by atomic mass is 15.3. The molecule has 1 heterocycles. The Kier molecular flexibility index (Phi) is 3.82. The van der Waals surface area contributed by atoms with E-state index in [-0.39, 0.29) is 0 Å². The molecule has 18 heavy (non-hydrogen) atoms. The van der Waals surface area contributed by atoms with E-state index in [0.717, 1.165) is 36.1 Å². The smallest absolute Gasteiger partial charge is 0.224 e. The number of anilines is 2. The first-order valence-corrected chi connectivity index (χ1v) is 6.25. The highest BCUT2D eigenvalue weighted by Gasteiger charge is 2.11. The minimum Gasteiger partial charge on any atom is -0.388 e. The van der Waals surface area contributed by atoms with Gasteiger partial charge >= 0.3 is 0 Å². The number of hydrogen-bond acceptors (Lipinski definition) is 4. The normalized spacial score (nSPS) is 10.4. The molecule has 0 saturated heterocycles. The predicted molar refractivity (Wildman–Crippen MR) is 74.8 cm³/mol. The average molecular weight is 245 g/mol. The van der Waals surface area contributed by atoms with Crippen LogP contribution in [-0.2, 0) is 6.54 Å². The van der Waals surface area contributed by atoms with E-state index in [4.69, 9.17) is 0 Å². The third-order valence-corrected chi connectivity index (χ3v) is 2.83. The lowest BCUT2D eigenvalue weighted by Crippen LogP contribution is -2.06. The maximum atomic E-state index is 4.26. The zero-order chi connectivity index (χ0) is 13.0. The van der Waals surface area contributed by atoms with Gasteiger partial charge in [0, 0.05) is 31.4 Å². The van der Waals surface area contributed by atoms with Gasteiger partial charge in [-0.05, 0) is 38.1 Å². The molecule has 5 heteroatoms. The van der Waals surface area contributed by atoms with E-state index in [1.807, 2.05) is 19.2 Å². The molecule has 96 valence electrons. The van der Waals surface area contributed by atoms with Crippen molar-refractivity contribution in [3.8, 4) is 11.4 Å². The van der Waals surface area contributed by atoms with Crippen LogP contribution in [0.3, 0.4) is 0 Å². The zero-order valence-electron chi connectivity index (χ0n) is 11.1. The first-order chi connectivity index (χ1) is 8.80. The maximum absolute atomic E-state index is 4.26. The van der Waals surface area contributed by atoms with E-state index in [1.165, 1.54) is 0 Å². The summed E-state index contributed by atoms with van der Waals surface area (Å²) >= 11 is 0. The fraction of sp³-hybridized carbons (Fsp3) is 0.385. The summed E-state index contributed by atoms with van der Waals surface area (Å²) in [5, 5.41) is 14.8. The van der Waals surface area contributed by atoms with Gasteiger partial charge in [-0.1, -0.05) is 0 Å². The largest absolute Gasteiger partial charge is 0.388 e. The number of aromatic nitrogens is 3. The molecule has 1 aromatic heterocycles. The SMILES string of the molecule is CCNc1nnc(-c2ccc(NC)cc2)n1CC. The number of rotatable bonds is 5. The van der Waals surface area contributed by atoms with Crippen LogP contribution in [0.25, 0.3) is 11.4 Å². The van der Waals surface area contributed by atoms with Crippen LogP contribution in [0.4, 0.5) is 11.6 Å². The molecule has 1 aromatic carbocycles. The van der Waals surface area contributed by atoms with E-state index in [9.17, 15) is 0 Å². The molecule has 0 aliphatic carbocycles. The number of benzene rings is 1. The van der Waals surface area contributed by atoms with Crippen molar-refractivity contribution in [2.24, 2.45) is 0 Å². The van der Waals surface area contributed by atoms with E-state index in [2.05, 4.69) is 51.4 Å². The van der Waals surface area contributed by atoms with E-state index >= 15 is 0 Å². The Hall–Kier alpha value is -2.04. The van der Waals surface area contributed by atoms with Crippen LogP contribution >= 0.6 is 0 Å². The van der Waals surface area contributed by atoms with Gasteiger partial charge in [-0.15, -0.1) is 10.2 Å². The second kappa shape index (κ2) is 5.53. The second-order valence-corrected chi connectivity index (χ2v) is 3.95. The van der Waals surface area contributed by atoms with Crippen LogP contribution in [0, 0.1) is 0 Å². The van der Waals surface area contributed by atoms with Crippen LogP contribution in [0.5, 0.6) is 0 Å². The third kappa shape index (κ3) is 2.30. The Morgan fingerprint density at radius 1 is 1.11 bits per heavy atom. The van der Waals surface area contributed by atoms with Crippen LogP contribution in [0.15, 0.2) is 24.3 Å². The molecule has 0 unspecified atom stereocenters. The minimum absolute atomic E-state index is 0.827. The highest BCUT2D eigenvalue weighted by molar-refractivity contribution is 5.61. The molecule has 0 bridgehead atoms. The monoisotopic (exact) mass is 245 g/mol. The molecule has 0 aliphatic heterocycles. The van der Waals surface area contributed by atoms with Crippen LogP contribution in [-0.4, -0.2) is 28.4 Å². The van der Waals surface area contributed by atoms with Crippen molar-refractivity contribution < 1.29 is 0 Å².